The van der Waals surface area contributed by atoms with Crippen molar-refractivity contribution in [1.82, 2.24) is 0 Å². The average Bonchev–Trinajstić information content (AvgIpc) is 3.16. The minimum absolute atomic E-state index is 0.142. The summed E-state index contributed by atoms with van der Waals surface area (Å²) in [6.07, 6.45) is 15.5. The Balaban J connectivity index is 1.54. The summed E-state index contributed by atoms with van der Waals surface area (Å²) < 4.78 is 4.68. The molecule has 0 aliphatic heterocycles. The Kier molecular flexibility index (Phi) is 9.27. The summed E-state index contributed by atoms with van der Waals surface area (Å²) in [4.78, 5) is 11.2. The van der Waals surface area contributed by atoms with E-state index in [0.29, 0.717) is 24.2 Å². The molecule has 0 heterocycles. The molecule has 1 aromatic carbocycles. The van der Waals surface area contributed by atoms with Gasteiger partial charge >= 0.3 is 5.97 Å². The van der Waals surface area contributed by atoms with Crippen LogP contribution in [0.15, 0.2) is 36.4 Å². The number of carbonyl (C=O) groups is 1. The van der Waals surface area contributed by atoms with Gasteiger partial charge in [0.15, 0.2) is 0 Å². The molecule has 0 saturated heterocycles. The Morgan fingerprint density at radius 1 is 1.13 bits per heavy atom. The van der Waals surface area contributed by atoms with Crippen molar-refractivity contribution in [1.29, 1.82) is 0 Å². The fourth-order valence-electron chi connectivity index (χ4n) is 5.24. The first-order valence-electron chi connectivity index (χ1n) is 11.7. The zero-order valence-corrected chi connectivity index (χ0v) is 19.0. The number of esters is 1. The maximum Gasteiger partial charge on any atom is 0.305 e. The zero-order valence-electron chi connectivity index (χ0n) is 18.3. The molecule has 1 aromatic rings. The van der Waals surface area contributed by atoms with Crippen LogP contribution in [-0.4, -0.2) is 23.6 Å². The molecule has 0 radical (unpaired) electrons. The lowest BCUT2D eigenvalue weighted by Crippen LogP contribution is -2.16. The predicted octanol–water partition coefficient (Wildman–Crippen LogP) is 6.69. The van der Waals surface area contributed by atoms with E-state index in [2.05, 4.69) is 41.2 Å². The monoisotopic (exact) mass is 432 g/mol. The second-order valence-electron chi connectivity index (χ2n) is 9.05. The molecule has 4 atom stereocenters. The highest BCUT2D eigenvalue weighted by molar-refractivity contribution is 6.21. The Morgan fingerprint density at radius 2 is 1.87 bits per heavy atom. The first-order valence-corrected chi connectivity index (χ1v) is 12.2. The van der Waals surface area contributed by atoms with Gasteiger partial charge in [0.25, 0.3) is 0 Å². The van der Waals surface area contributed by atoms with E-state index in [1.807, 2.05) is 0 Å². The van der Waals surface area contributed by atoms with E-state index in [1.54, 1.807) is 0 Å². The highest BCUT2D eigenvalue weighted by Gasteiger charge is 2.35. The van der Waals surface area contributed by atoms with Gasteiger partial charge in [0.1, 0.15) is 0 Å². The van der Waals surface area contributed by atoms with Crippen molar-refractivity contribution >= 4 is 17.6 Å². The van der Waals surface area contributed by atoms with E-state index in [9.17, 15) is 9.90 Å². The van der Waals surface area contributed by atoms with Crippen molar-refractivity contribution in [2.24, 2.45) is 11.8 Å². The Bertz CT molecular complexity index is 678. The van der Waals surface area contributed by atoms with Gasteiger partial charge in [-0.25, -0.2) is 0 Å². The van der Waals surface area contributed by atoms with Crippen LogP contribution in [0.5, 0.6) is 0 Å². The van der Waals surface area contributed by atoms with Crippen LogP contribution in [0.1, 0.15) is 93.8 Å². The Labute approximate surface area is 186 Å². The number of halogens is 1. The number of ether oxygens (including phenoxy) is 1. The van der Waals surface area contributed by atoms with Gasteiger partial charge in [0.2, 0.25) is 0 Å². The maximum absolute atomic E-state index is 11.2. The van der Waals surface area contributed by atoms with Gasteiger partial charge < -0.3 is 9.84 Å². The summed E-state index contributed by atoms with van der Waals surface area (Å²) in [6, 6.07) is 8.70. The Hall–Kier alpha value is -1.32. The lowest BCUT2D eigenvalue weighted by molar-refractivity contribution is -0.140. The van der Waals surface area contributed by atoms with Crippen LogP contribution in [0.3, 0.4) is 0 Å². The molecule has 166 valence electrons. The molecule has 2 aliphatic rings. The lowest BCUT2D eigenvalue weighted by Gasteiger charge is -2.27. The van der Waals surface area contributed by atoms with Crippen molar-refractivity contribution in [3.63, 3.8) is 0 Å². The van der Waals surface area contributed by atoms with Crippen molar-refractivity contribution < 1.29 is 14.6 Å². The molecule has 30 heavy (non-hydrogen) atoms. The SMILES string of the molecule is COC(=O)CCCC=CC[C@H]1[C@H](Cl)CC[C@@H]1c1ccc(C(O)C2CCCCC2)cc1. The summed E-state index contributed by atoms with van der Waals surface area (Å²) in [7, 11) is 1.43. The van der Waals surface area contributed by atoms with Crippen LogP contribution >= 0.6 is 11.6 Å². The molecule has 1 N–H and O–H groups in total. The van der Waals surface area contributed by atoms with Crippen LogP contribution in [0, 0.1) is 11.8 Å². The number of hydrogen-bond donors (Lipinski definition) is 1. The molecular formula is C26H37ClO3. The first kappa shape index (κ1) is 23.3. The smallest absolute Gasteiger partial charge is 0.305 e. The maximum atomic E-state index is 11.2. The number of aliphatic hydroxyl groups excluding tert-OH is 1. The molecule has 2 saturated carbocycles. The first-order chi connectivity index (χ1) is 14.6. The fourth-order valence-corrected chi connectivity index (χ4v) is 5.65. The third kappa shape index (κ3) is 6.34. The highest BCUT2D eigenvalue weighted by Crippen LogP contribution is 2.45. The minimum Gasteiger partial charge on any atom is -0.469 e. The lowest BCUT2D eigenvalue weighted by atomic mass is 9.81. The van der Waals surface area contributed by atoms with Gasteiger partial charge in [-0.3, -0.25) is 4.79 Å². The van der Waals surface area contributed by atoms with Gasteiger partial charge in [-0.15, -0.1) is 11.6 Å². The van der Waals surface area contributed by atoms with Gasteiger partial charge in [-0.2, -0.15) is 0 Å². The summed E-state index contributed by atoms with van der Waals surface area (Å²) in [5.41, 5.74) is 2.41. The van der Waals surface area contributed by atoms with Crippen molar-refractivity contribution in [3.05, 3.63) is 47.5 Å². The second kappa shape index (κ2) is 11.9. The largest absolute Gasteiger partial charge is 0.469 e. The third-order valence-electron chi connectivity index (χ3n) is 7.09. The number of rotatable bonds is 9. The van der Waals surface area contributed by atoms with Crippen LogP contribution in [-0.2, 0) is 9.53 Å². The van der Waals surface area contributed by atoms with E-state index in [0.717, 1.165) is 50.5 Å². The van der Waals surface area contributed by atoms with Crippen molar-refractivity contribution in [2.75, 3.05) is 7.11 Å². The molecular weight excluding hydrogens is 396 g/mol. The number of aliphatic hydroxyl groups is 1. The molecule has 2 aliphatic carbocycles. The van der Waals surface area contributed by atoms with E-state index in [1.165, 1.54) is 31.9 Å². The number of benzene rings is 1. The zero-order chi connectivity index (χ0) is 21.3. The summed E-state index contributed by atoms with van der Waals surface area (Å²) in [5, 5.41) is 11.0. The quantitative estimate of drug-likeness (QED) is 0.204. The number of allylic oxidation sites excluding steroid dienone is 2. The summed E-state index contributed by atoms with van der Waals surface area (Å²) in [6.45, 7) is 0. The standard InChI is InChI=1S/C26H37ClO3/c1-30-25(28)12-8-3-2-7-11-23-22(17-18-24(23)27)19-13-15-21(16-14-19)26(29)20-9-5-4-6-10-20/h2,7,13-16,20,22-24,26,29H,3-6,8-12,17-18H2,1H3/t22-,23-,24-,26?/m1/s1. The summed E-state index contributed by atoms with van der Waals surface area (Å²) in [5.74, 6) is 1.20. The highest BCUT2D eigenvalue weighted by atomic mass is 35.5. The van der Waals surface area contributed by atoms with Gasteiger partial charge in [0.05, 0.1) is 13.2 Å². The van der Waals surface area contributed by atoms with Crippen molar-refractivity contribution in [2.45, 2.75) is 88.0 Å². The molecule has 0 aromatic heterocycles. The number of unbranched alkanes of at least 4 members (excludes halogenated alkanes) is 1. The number of methoxy groups -OCH3 is 1. The van der Waals surface area contributed by atoms with Crippen molar-refractivity contribution in [3.8, 4) is 0 Å². The summed E-state index contributed by atoms with van der Waals surface area (Å²) >= 11 is 6.67. The van der Waals surface area contributed by atoms with Crippen LogP contribution < -0.4 is 0 Å². The van der Waals surface area contributed by atoms with E-state index < -0.39 is 0 Å². The predicted molar refractivity (Wildman–Crippen MR) is 123 cm³/mol. The van der Waals surface area contributed by atoms with Gasteiger partial charge in [-0.05, 0) is 73.8 Å². The normalized spacial score (nSPS) is 26.2. The molecule has 3 rings (SSSR count). The number of alkyl halides is 1. The molecule has 4 heteroatoms. The van der Waals surface area contributed by atoms with E-state index in [4.69, 9.17) is 11.6 Å². The van der Waals surface area contributed by atoms with E-state index in [-0.39, 0.29) is 17.5 Å². The Morgan fingerprint density at radius 3 is 2.57 bits per heavy atom. The van der Waals surface area contributed by atoms with Gasteiger partial charge in [-0.1, -0.05) is 55.7 Å². The third-order valence-corrected chi connectivity index (χ3v) is 7.63. The molecule has 2 fully saturated rings. The van der Waals surface area contributed by atoms with Crippen LogP contribution in [0.4, 0.5) is 0 Å². The molecule has 0 amide bonds. The second-order valence-corrected chi connectivity index (χ2v) is 9.61. The van der Waals surface area contributed by atoms with Crippen LogP contribution in [0.25, 0.3) is 0 Å². The number of hydrogen-bond acceptors (Lipinski definition) is 3. The minimum atomic E-state index is -0.326. The molecule has 0 spiro atoms. The molecule has 3 nitrogen and oxygen atoms in total. The van der Waals surface area contributed by atoms with Gasteiger partial charge in [0, 0.05) is 11.8 Å². The van der Waals surface area contributed by atoms with Crippen LogP contribution in [0.2, 0.25) is 0 Å². The van der Waals surface area contributed by atoms with E-state index >= 15 is 0 Å². The fraction of sp³-hybridized carbons (Fsp3) is 0.654. The average molecular weight is 433 g/mol. The molecule has 0 bridgehead atoms. The molecule has 1 unspecified atom stereocenters. The topological polar surface area (TPSA) is 46.5 Å². The number of carbonyl (C=O) groups excluding carboxylic acids is 1.